The van der Waals surface area contributed by atoms with Crippen LogP contribution in [0.15, 0.2) is 36.4 Å². The summed E-state index contributed by atoms with van der Waals surface area (Å²) in [5.41, 5.74) is 3.12. The van der Waals surface area contributed by atoms with Gasteiger partial charge in [-0.05, 0) is 83.7 Å². The molecule has 1 aromatic carbocycles. The summed E-state index contributed by atoms with van der Waals surface area (Å²) in [6.07, 6.45) is 8.32. The van der Waals surface area contributed by atoms with Gasteiger partial charge in [0.2, 0.25) is 0 Å². The van der Waals surface area contributed by atoms with Gasteiger partial charge in [0.05, 0.1) is 12.2 Å². The molecule has 2 nitrogen and oxygen atoms in total. The number of benzene rings is 1. The van der Waals surface area contributed by atoms with Crippen LogP contribution in [-0.2, 0) is 0 Å². The molecule has 2 heteroatoms. The molecule has 0 saturated heterocycles. The van der Waals surface area contributed by atoms with E-state index in [1.807, 2.05) is 0 Å². The largest absolute Gasteiger partial charge is 0.390 e. The average molecular weight is 381 g/mol. The molecule has 3 fully saturated rings. The fraction of sp³-hybridized carbons (Fsp3) is 0.692. The van der Waals surface area contributed by atoms with E-state index in [1.54, 1.807) is 0 Å². The van der Waals surface area contributed by atoms with Crippen LogP contribution in [0.1, 0.15) is 64.9 Å². The van der Waals surface area contributed by atoms with E-state index in [1.165, 1.54) is 36.8 Å². The fourth-order valence-corrected chi connectivity index (χ4v) is 8.10. The molecule has 5 rings (SSSR count). The molecule has 4 aliphatic rings. The maximum absolute atomic E-state index is 11.4. The molecule has 2 N–H and O–H groups in total. The zero-order chi connectivity index (χ0) is 19.7. The smallest absolute Gasteiger partial charge is 0.0836 e. The molecule has 2 unspecified atom stereocenters. The molecule has 0 spiro atoms. The second-order valence-corrected chi connectivity index (χ2v) is 10.9. The Kier molecular flexibility index (Phi) is 4.34. The lowest BCUT2D eigenvalue weighted by Gasteiger charge is -2.63. The van der Waals surface area contributed by atoms with Crippen molar-refractivity contribution in [1.82, 2.24) is 0 Å². The first-order valence-corrected chi connectivity index (χ1v) is 11.5. The standard InChI is InChI=1S/C26H36O2/c1-16-11-13-26(3)20-12-14-25(2)18(17-7-5-4-6-8-17)9-10-19(25)22(20)24(28)23(27)21(26)15-16/h4-9,16,19-24,27-28H,10-15H2,1-3H3/t16-,19-,20-,21+,22?,23+,24?,25+,26+/m0/s1. The van der Waals surface area contributed by atoms with Gasteiger partial charge in [0.25, 0.3) is 0 Å². The van der Waals surface area contributed by atoms with Gasteiger partial charge in [-0.15, -0.1) is 0 Å². The maximum Gasteiger partial charge on any atom is 0.0836 e. The van der Waals surface area contributed by atoms with Gasteiger partial charge in [-0.1, -0.05) is 63.6 Å². The van der Waals surface area contributed by atoms with E-state index in [-0.39, 0.29) is 22.7 Å². The van der Waals surface area contributed by atoms with Crippen molar-refractivity contribution in [2.24, 2.45) is 40.4 Å². The van der Waals surface area contributed by atoms with Gasteiger partial charge in [-0.2, -0.15) is 0 Å². The van der Waals surface area contributed by atoms with Crippen molar-refractivity contribution in [3.05, 3.63) is 42.0 Å². The molecule has 3 saturated carbocycles. The highest BCUT2D eigenvalue weighted by atomic mass is 16.3. The van der Waals surface area contributed by atoms with Crippen molar-refractivity contribution in [3.63, 3.8) is 0 Å². The third kappa shape index (κ3) is 2.46. The third-order valence-corrected chi connectivity index (χ3v) is 9.68. The first kappa shape index (κ1) is 18.9. The van der Waals surface area contributed by atoms with Gasteiger partial charge in [-0.3, -0.25) is 0 Å². The molecular formula is C26H36O2. The number of fused-ring (bicyclic) bond motifs is 5. The Morgan fingerprint density at radius 3 is 2.39 bits per heavy atom. The van der Waals surface area contributed by atoms with Crippen molar-refractivity contribution in [2.45, 2.75) is 71.5 Å². The molecule has 0 bridgehead atoms. The summed E-state index contributed by atoms with van der Waals surface area (Å²) in [7, 11) is 0. The lowest BCUT2D eigenvalue weighted by atomic mass is 9.43. The summed E-state index contributed by atoms with van der Waals surface area (Å²) in [6.45, 7) is 7.19. The van der Waals surface area contributed by atoms with Crippen LogP contribution in [0.3, 0.4) is 0 Å². The van der Waals surface area contributed by atoms with Crippen LogP contribution in [0.5, 0.6) is 0 Å². The number of hydrogen-bond donors (Lipinski definition) is 2. The summed E-state index contributed by atoms with van der Waals surface area (Å²) < 4.78 is 0. The molecule has 1 aromatic rings. The number of rotatable bonds is 1. The third-order valence-electron chi connectivity index (χ3n) is 9.68. The first-order valence-electron chi connectivity index (χ1n) is 11.5. The Hall–Kier alpha value is -1.12. The number of hydrogen-bond acceptors (Lipinski definition) is 2. The van der Waals surface area contributed by atoms with Crippen molar-refractivity contribution < 1.29 is 10.2 Å². The molecule has 4 aliphatic carbocycles. The van der Waals surface area contributed by atoms with Crippen molar-refractivity contribution in [1.29, 1.82) is 0 Å². The second-order valence-electron chi connectivity index (χ2n) is 10.9. The minimum Gasteiger partial charge on any atom is -0.390 e. The van der Waals surface area contributed by atoms with E-state index in [4.69, 9.17) is 0 Å². The molecule has 28 heavy (non-hydrogen) atoms. The molecule has 0 amide bonds. The zero-order valence-electron chi connectivity index (χ0n) is 17.6. The molecular weight excluding hydrogens is 344 g/mol. The average Bonchev–Trinajstić information content (AvgIpc) is 3.05. The van der Waals surface area contributed by atoms with Gasteiger partial charge in [0.15, 0.2) is 0 Å². The van der Waals surface area contributed by atoms with E-state index in [9.17, 15) is 10.2 Å². The monoisotopic (exact) mass is 380 g/mol. The van der Waals surface area contributed by atoms with Gasteiger partial charge in [0, 0.05) is 0 Å². The Balaban J connectivity index is 1.51. The Morgan fingerprint density at radius 2 is 1.64 bits per heavy atom. The molecule has 0 aromatic heterocycles. The molecule has 9 atom stereocenters. The van der Waals surface area contributed by atoms with Crippen molar-refractivity contribution in [2.75, 3.05) is 0 Å². The van der Waals surface area contributed by atoms with Crippen LogP contribution in [0, 0.1) is 40.4 Å². The normalized spacial score (nSPS) is 50.3. The van der Waals surface area contributed by atoms with E-state index in [0.29, 0.717) is 17.8 Å². The number of allylic oxidation sites excluding steroid dienone is 2. The highest BCUT2D eigenvalue weighted by molar-refractivity contribution is 5.72. The van der Waals surface area contributed by atoms with Crippen LogP contribution in [0.2, 0.25) is 0 Å². The predicted octanol–water partition coefficient (Wildman–Crippen LogP) is 5.30. The van der Waals surface area contributed by atoms with Gasteiger partial charge < -0.3 is 10.2 Å². The van der Waals surface area contributed by atoms with Crippen molar-refractivity contribution >= 4 is 5.57 Å². The summed E-state index contributed by atoms with van der Waals surface area (Å²) in [5.74, 6) is 2.15. The molecule has 0 aliphatic heterocycles. The second kappa shape index (κ2) is 6.44. The van der Waals surface area contributed by atoms with Gasteiger partial charge in [-0.25, -0.2) is 0 Å². The molecule has 0 radical (unpaired) electrons. The number of aliphatic hydroxyl groups excluding tert-OH is 2. The fourth-order valence-electron chi connectivity index (χ4n) is 8.10. The van der Waals surface area contributed by atoms with E-state index in [2.05, 4.69) is 57.2 Å². The SMILES string of the molecule is C[C@H]1CC[C@@]2(C)[C@H](C1)[C@@H](O)C(O)C1[C@@H]2CC[C@]2(C)C(c3ccccc3)=CC[C@@H]12. The van der Waals surface area contributed by atoms with E-state index >= 15 is 0 Å². The Labute approximate surface area is 170 Å². The van der Waals surface area contributed by atoms with Gasteiger partial charge in [0.1, 0.15) is 0 Å². The van der Waals surface area contributed by atoms with Crippen LogP contribution >= 0.6 is 0 Å². The highest BCUT2D eigenvalue weighted by Crippen LogP contribution is 2.67. The van der Waals surface area contributed by atoms with E-state index < -0.39 is 12.2 Å². The maximum atomic E-state index is 11.4. The minimum atomic E-state index is -0.568. The Morgan fingerprint density at radius 1 is 0.893 bits per heavy atom. The zero-order valence-corrected chi connectivity index (χ0v) is 17.6. The van der Waals surface area contributed by atoms with Crippen LogP contribution < -0.4 is 0 Å². The predicted molar refractivity (Wildman–Crippen MR) is 113 cm³/mol. The molecule has 152 valence electrons. The van der Waals surface area contributed by atoms with Crippen LogP contribution in [-0.4, -0.2) is 22.4 Å². The van der Waals surface area contributed by atoms with E-state index in [0.717, 1.165) is 12.8 Å². The number of aliphatic hydroxyl groups is 2. The lowest BCUT2D eigenvalue weighted by Crippen LogP contribution is -2.63. The molecule has 0 heterocycles. The quantitative estimate of drug-likeness (QED) is 0.694. The van der Waals surface area contributed by atoms with Crippen LogP contribution in [0.25, 0.3) is 5.57 Å². The Bertz CT molecular complexity index is 770. The van der Waals surface area contributed by atoms with Crippen molar-refractivity contribution in [3.8, 4) is 0 Å². The highest BCUT2D eigenvalue weighted by Gasteiger charge is 2.63. The minimum absolute atomic E-state index is 0.119. The van der Waals surface area contributed by atoms with Crippen LogP contribution in [0.4, 0.5) is 0 Å². The first-order chi connectivity index (χ1) is 13.4. The summed E-state index contributed by atoms with van der Waals surface area (Å²) >= 11 is 0. The summed E-state index contributed by atoms with van der Waals surface area (Å²) in [5, 5.41) is 22.6. The van der Waals surface area contributed by atoms with Gasteiger partial charge >= 0.3 is 0 Å². The summed E-state index contributed by atoms with van der Waals surface area (Å²) in [4.78, 5) is 0. The summed E-state index contributed by atoms with van der Waals surface area (Å²) in [6, 6.07) is 10.8. The lowest BCUT2D eigenvalue weighted by molar-refractivity contribution is -0.212. The topological polar surface area (TPSA) is 40.5 Å².